The van der Waals surface area contributed by atoms with E-state index in [9.17, 15) is 9.59 Å². The number of fused-ring (bicyclic) bond motifs is 1. The summed E-state index contributed by atoms with van der Waals surface area (Å²) in [5.41, 5.74) is 4.25. The van der Waals surface area contributed by atoms with Gasteiger partial charge in [-0.25, -0.2) is 5.43 Å². The van der Waals surface area contributed by atoms with E-state index < -0.39 is 5.91 Å². The van der Waals surface area contributed by atoms with Crippen molar-refractivity contribution in [3.05, 3.63) is 81.4 Å². The Labute approximate surface area is 253 Å². The van der Waals surface area contributed by atoms with Gasteiger partial charge in [0.05, 0.1) is 30.1 Å². The average Bonchev–Trinajstić information content (AvgIpc) is 2.97. The Morgan fingerprint density at radius 3 is 2.51 bits per heavy atom. The molecule has 12 heteroatoms. The zero-order chi connectivity index (χ0) is 29.2. The molecule has 10 nitrogen and oxygen atoms in total. The van der Waals surface area contributed by atoms with E-state index in [-0.39, 0.29) is 19.1 Å². The number of carbonyl (C=O) groups is 2. The molecule has 2 amide bonds. The molecule has 0 radical (unpaired) electrons. The first kappa shape index (κ1) is 29.8. The van der Waals surface area contributed by atoms with E-state index in [1.807, 2.05) is 31.2 Å². The summed E-state index contributed by atoms with van der Waals surface area (Å²) in [6.45, 7) is 1.72. The van der Waals surface area contributed by atoms with Gasteiger partial charge in [-0.3, -0.25) is 14.6 Å². The van der Waals surface area contributed by atoms with Crippen molar-refractivity contribution >= 4 is 66.5 Å². The Hall–Kier alpha value is -4.16. The van der Waals surface area contributed by atoms with Crippen LogP contribution in [-0.2, 0) is 9.59 Å². The molecule has 1 aromatic heterocycles. The van der Waals surface area contributed by atoms with Gasteiger partial charge in [-0.05, 0) is 70.9 Å². The van der Waals surface area contributed by atoms with Crippen LogP contribution in [0.5, 0.6) is 23.0 Å². The van der Waals surface area contributed by atoms with Crippen LogP contribution < -0.4 is 29.7 Å². The first-order valence-electron chi connectivity index (χ1n) is 12.4. The number of ether oxygens (including phenoxy) is 4. The summed E-state index contributed by atoms with van der Waals surface area (Å²) in [6, 6.07) is 17.7. The molecule has 0 aliphatic carbocycles. The molecule has 0 aliphatic rings. The molecule has 0 spiro atoms. The number of aromatic nitrogens is 1. The number of hydrazone groups is 1. The second-order valence-corrected chi connectivity index (χ2v) is 10.0. The predicted octanol–water partition coefficient (Wildman–Crippen LogP) is 5.71. The maximum absolute atomic E-state index is 12.4. The van der Waals surface area contributed by atoms with Gasteiger partial charge in [0.25, 0.3) is 11.8 Å². The number of benzene rings is 3. The normalized spacial score (nSPS) is 10.8. The van der Waals surface area contributed by atoms with Gasteiger partial charge in [0.2, 0.25) is 0 Å². The standard InChI is InChI=1S/C29H26Br2N4O6/c1-3-39-25-13-18(10-11-24(25)40-16-26(36)34-22-8-4-5-9-23(22)38-2)15-33-35-27(37)17-41-29-21(31)14-20(30)19-7-6-12-32-28(19)29/h4-15H,3,16-17H2,1-2H3,(H,34,36)(H,35,37)/b33-15+. The lowest BCUT2D eigenvalue weighted by Gasteiger charge is -2.13. The minimum absolute atomic E-state index is 0.235. The van der Waals surface area contributed by atoms with Crippen LogP contribution in [0.1, 0.15) is 12.5 Å². The fourth-order valence-electron chi connectivity index (χ4n) is 3.70. The van der Waals surface area contributed by atoms with E-state index in [0.29, 0.717) is 50.8 Å². The first-order chi connectivity index (χ1) is 19.9. The monoisotopic (exact) mass is 684 g/mol. The van der Waals surface area contributed by atoms with Gasteiger partial charge in [-0.15, -0.1) is 0 Å². The van der Waals surface area contributed by atoms with Gasteiger partial charge in [-0.1, -0.05) is 34.1 Å². The fraction of sp³-hybridized carbons (Fsp3) is 0.172. The van der Waals surface area contributed by atoms with Crippen LogP contribution in [0.15, 0.2) is 80.9 Å². The summed E-state index contributed by atoms with van der Waals surface area (Å²) in [5.74, 6) is 1.01. The molecule has 0 bridgehead atoms. The fourth-order valence-corrected chi connectivity index (χ4v) is 5.09. The summed E-state index contributed by atoms with van der Waals surface area (Å²) >= 11 is 6.97. The van der Waals surface area contributed by atoms with Crippen molar-refractivity contribution in [2.45, 2.75) is 6.92 Å². The van der Waals surface area contributed by atoms with Gasteiger partial charge in [0, 0.05) is 16.1 Å². The molecule has 0 unspecified atom stereocenters. The number of hydrogen-bond donors (Lipinski definition) is 2. The van der Waals surface area contributed by atoms with Crippen molar-refractivity contribution in [1.82, 2.24) is 10.4 Å². The molecule has 0 saturated carbocycles. The lowest BCUT2D eigenvalue weighted by atomic mass is 10.2. The highest BCUT2D eigenvalue weighted by Gasteiger charge is 2.14. The molecule has 1 heterocycles. The number of nitrogens with one attached hydrogen (secondary N) is 2. The number of para-hydroxylation sites is 2. The van der Waals surface area contributed by atoms with Crippen LogP contribution in [0.25, 0.3) is 10.9 Å². The second-order valence-electron chi connectivity index (χ2n) is 8.33. The van der Waals surface area contributed by atoms with Crippen LogP contribution in [0.3, 0.4) is 0 Å². The number of amides is 2. The lowest BCUT2D eigenvalue weighted by molar-refractivity contribution is -0.123. The average molecular weight is 686 g/mol. The zero-order valence-electron chi connectivity index (χ0n) is 22.1. The molecular formula is C29H26Br2N4O6. The molecule has 41 heavy (non-hydrogen) atoms. The number of pyridine rings is 1. The number of rotatable bonds is 12. The van der Waals surface area contributed by atoms with Crippen LogP contribution in [0.2, 0.25) is 0 Å². The van der Waals surface area contributed by atoms with E-state index in [2.05, 4.69) is 52.7 Å². The highest BCUT2D eigenvalue weighted by atomic mass is 79.9. The van der Waals surface area contributed by atoms with Crippen molar-refractivity contribution in [3.63, 3.8) is 0 Å². The van der Waals surface area contributed by atoms with Gasteiger partial charge in [-0.2, -0.15) is 5.10 Å². The van der Waals surface area contributed by atoms with Gasteiger partial charge in [0.15, 0.2) is 30.5 Å². The van der Waals surface area contributed by atoms with Crippen LogP contribution in [-0.4, -0.2) is 49.9 Å². The Balaban J connectivity index is 1.33. The summed E-state index contributed by atoms with van der Waals surface area (Å²) in [7, 11) is 1.53. The maximum Gasteiger partial charge on any atom is 0.277 e. The van der Waals surface area contributed by atoms with Gasteiger partial charge in [0.1, 0.15) is 11.3 Å². The molecule has 0 atom stereocenters. The number of nitrogens with zero attached hydrogens (tertiary/aromatic N) is 2. The van der Waals surface area contributed by atoms with Crippen LogP contribution >= 0.6 is 31.9 Å². The number of carbonyl (C=O) groups excluding carboxylic acids is 2. The third-order valence-electron chi connectivity index (χ3n) is 5.51. The van der Waals surface area contributed by atoms with E-state index >= 15 is 0 Å². The molecule has 4 aromatic rings. The van der Waals surface area contributed by atoms with Crippen LogP contribution in [0.4, 0.5) is 5.69 Å². The SMILES string of the molecule is CCOc1cc(/C=N/NC(=O)COc2c(Br)cc(Br)c3cccnc23)ccc1OCC(=O)Nc1ccccc1OC. The number of anilines is 1. The Bertz CT molecular complexity index is 1580. The molecule has 0 aliphatic heterocycles. The minimum Gasteiger partial charge on any atom is -0.495 e. The van der Waals surface area contributed by atoms with Crippen molar-refractivity contribution in [2.75, 3.05) is 32.2 Å². The van der Waals surface area contributed by atoms with Crippen molar-refractivity contribution in [2.24, 2.45) is 5.10 Å². The molecule has 0 saturated heterocycles. The van der Waals surface area contributed by atoms with Crippen molar-refractivity contribution in [1.29, 1.82) is 0 Å². The summed E-state index contributed by atoms with van der Waals surface area (Å²) in [6.07, 6.45) is 3.12. The zero-order valence-corrected chi connectivity index (χ0v) is 25.3. The molecular weight excluding hydrogens is 660 g/mol. The number of methoxy groups -OCH3 is 1. The first-order valence-corrected chi connectivity index (χ1v) is 14.0. The lowest BCUT2D eigenvalue weighted by Crippen LogP contribution is -2.24. The molecule has 2 N–H and O–H groups in total. The van der Waals surface area contributed by atoms with Crippen LogP contribution in [0, 0.1) is 0 Å². The van der Waals surface area contributed by atoms with Gasteiger partial charge >= 0.3 is 0 Å². The molecule has 3 aromatic carbocycles. The number of halogens is 2. The Morgan fingerprint density at radius 2 is 1.71 bits per heavy atom. The predicted molar refractivity (Wildman–Crippen MR) is 163 cm³/mol. The molecule has 212 valence electrons. The highest BCUT2D eigenvalue weighted by Crippen LogP contribution is 2.37. The van der Waals surface area contributed by atoms with Gasteiger partial charge < -0.3 is 24.3 Å². The van der Waals surface area contributed by atoms with Crippen molar-refractivity contribution < 1.29 is 28.5 Å². The highest BCUT2D eigenvalue weighted by molar-refractivity contribution is 9.11. The summed E-state index contributed by atoms with van der Waals surface area (Å²) < 4.78 is 23.9. The number of hydrogen-bond acceptors (Lipinski definition) is 8. The Morgan fingerprint density at radius 1 is 0.902 bits per heavy atom. The topological polar surface area (TPSA) is 120 Å². The maximum atomic E-state index is 12.4. The second kappa shape index (κ2) is 14.5. The third kappa shape index (κ3) is 7.95. The largest absolute Gasteiger partial charge is 0.495 e. The van der Waals surface area contributed by atoms with Crippen molar-refractivity contribution in [3.8, 4) is 23.0 Å². The van der Waals surface area contributed by atoms with E-state index in [1.54, 1.807) is 42.6 Å². The quantitative estimate of drug-likeness (QED) is 0.145. The van der Waals surface area contributed by atoms with E-state index in [0.717, 1.165) is 9.86 Å². The van der Waals surface area contributed by atoms with E-state index in [4.69, 9.17) is 18.9 Å². The molecule has 4 rings (SSSR count). The molecule has 0 fully saturated rings. The van der Waals surface area contributed by atoms with E-state index in [1.165, 1.54) is 13.3 Å². The smallest absolute Gasteiger partial charge is 0.277 e. The summed E-state index contributed by atoms with van der Waals surface area (Å²) in [4.78, 5) is 29.2. The Kier molecular flexibility index (Phi) is 10.5. The minimum atomic E-state index is -0.453. The summed E-state index contributed by atoms with van der Waals surface area (Å²) in [5, 5.41) is 7.63. The third-order valence-corrected chi connectivity index (χ3v) is 6.75.